The van der Waals surface area contributed by atoms with Gasteiger partial charge in [0, 0.05) is 31.2 Å². The molecule has 1 amide bonds. The number of methoxy groups -OCH3 is 1. The van der Waals surface area contributed by atoms with Gasteiger partial charge in [-0.3, -0.25) is 14.6 Å². The lowest BCUT2D eigenvalue weighted by atomic mass is 9.86. The van der Waals surface area contributed by atoms with E-state index in [1.54, 1.807) is 48.8 Å². The summed E-state index contributed by atoms with van der Waals surface area (Å²) in [4.78, 5) is 28.6. The number of benzene rings is 1. The van der Waals surface area contributed by atoms with Crippen molar-refractivity contribution >= 4 is 11.9 Å². The van der Waals surface area contributed by atoms with Gasteiger partial charge in [0.15, 0.2) is 0 Å². The number of rotatable bonds is 6. The highest BCUT2D eigenvalue weighted by Gasteiger charge is 2.37. The van der Waals surface area contributed by atoms with Crippen molar-refractivity contribution in [2.45, 2.75) is 24.8 Å². The number of hydrogen-bond acceptors (Lipinski definition) is 6. The van der Waals surface area contributed by atoms with E-state index in [2.05, 4.69) is 10.3 Å². The summed E-state index contributed by atoms with van der Waals surface area (Å²) in [7, 11) is 1.34. The molecule has 0 radical (unpaired) electrons. The Bertz CT molecular complexity index is 788. The van der Waals surface area contributed by atoms with Crippen molar-refractivity contribution in [3.63, 3.8) is 0 Å². The number of ether oxygens (including phenoxy) is 3. The molecule has 1 aromatic carbocycles. The quantitative estimate of drug-likeness (QED) is 0.787. The lowest BCUT2D eigenvalue weighted by molar-refractivity contribution is -0.143. The van der Waals surface area contributed by atoms with Crippen LogP contribution in [0.4, 0.5) is 0 Å². The van der Waals surface area contributed by atoms with E-state index in [1.165, 1.54) is 7.11 Å². The van der Waals surface area contributed by atoms with Crippen LogP contribution in [0.1, 0.15) is 29.6 Å². The van der Waals surface area contributed by atoms with Crippen molar-refractivity contribution in [1.82, 2.24) is 10.3 Å². The third-order valence-electron chi connectivity index (χ3n) is 4.52. The van der Waals surface area contributed by atoms with Crippen molar-refractivity contribution in [2.75, 3.05) is 20.3 Å². The number of hydrogen-bond donors (Lipinski definition) is 1. The summed E-state index contributed by atoms with van der Waals surface area (Å²) in [5.74, 6) is 0.560. The van der Waals surface area contributed by atoms with Gasteiger partial charge in [-0.15, -0.1) is 0 Å². The first kappa shape index (κ1) is 18.8. The zero-order valence-electron chi connectivity index (χ0n) is 15.1. The highest BCUT2D eigenvalue weighted by molar-refractivity contribution is 5.95. The van der Waals surface area contributed by atoms with Crippen LogP contribution in [0.25, 0.3) is 0 Å². The minimum Gasteiger partial charge on any atom is -0.469 e. The zero-order valence-corrected chi connectivity index (χ0v) is 15.1. The number of carbonyl (C=O) groups excluding carboxylic acids is 2. The molecule has 142 valence electrons. The minimum atomic E-state index is -0.662. The first-order valence-corrected chi connectivity index (χ1v) is 8.75. The lowest BCUT2D eigenvalue weighted by Gasteiger charge is -2.37. The van der Waals surface area contributed by atoms with Crippen LogP contribution in [0.3, 0.4) is 0 Å². The van der Waals surface area contributed by atoms with Gasteiger partial charge in [-0.05, 0) is 43.2 Å². The zero-order chi connectivity index (χ0) is 19.1. The van der Waals surface area contributed by atoms with Crippen molar-refractivity contribution in [3.8, 4) is 11.5 Å². The molecule has 0 saturated carbocycles. The van der Waals surface area contributed by atoms with E-state index >= 15 is 0 Å². The Morgan fingerprint density at radius 2 is 1.89 bits per heavy atom. The predicted octanol–water partition coefficient (Wildman–Crippen LogP) is 2.72. The van der Waals surface area contributed by atoms with Gasteiger partial charge in [0.1, 0.15) is 11.5 Å². The second-order valence-electron chi connectivity index (χ2n) is 6.41. The van der Waals surface area contributed by atoms with Crippen molar-refractivity contribution < 1.29 is 23.8 Å². The highest BCUT2D eigenvalue weighted by Crippen LogP contribution is 2.27. The summed E-state index contributed by atoms with van der Waals surface area (Å²) in [6.45, 7) is 0.977. The molecule has 1 N–H and O–H groups in total. The number of pyridine rings is 1. The smallest absolute Gasteiger partial charge is 0.307 e. The van der Waals surface area contributed by atoms with Gasteiger partial charge in [-0.2, -0.15) is 0 Å². The molecule has 7 heteroatoms. The predicted molar refractivity (Wildman–Crippen MR) is 97.6 cm³/mol. The average molecular weight is 370 g/mol. The fourth-order valence-electron chi connectivity index (χ4n) is 3.01. The van der Waals surface area contributed by atoms with E-state index in [0.717, 1.165) is 0 Å². The molecule has 0 atom stereocenters. The first-order chi connectivity index (χ1) is 13.1. The maximum Gasteiger partial charge on any atom is 0.307 e. The van der Waals surface area contributed by atoms with E-state index in [4.69, 9.17) is 14.2 Å². The summed E-state index contributed by atoms with van der Waals surface area (Å²) in [6, 6.07) is 10.4. The molecule has 0 bridgehead atoms. The van der Waals surface area contributed by atoms with Crippen LogP contribution in [-0.2, 0) is 14.3 Å². The van der Waals surface area contributed by atoms with Gasteiger partial charge >= 0.3 is 5.97 Å². The number of aromatic nitrogens is 1. The highest BCUT2D eigenvalue weighted by atomic mass is 16.5. The van der Waals surface area contributed by atoms with Crippen LogP contribution in [0, 0.1) is 0 Å². The minimum absolute atomic E-state index is 0.117. The topological polar surface area (TPSA) is 86.8 Å². The summed E-state index contributed by atoms with van der Waals surface area (Å²) in [5, 5.41) is 3.02. The maximum atomic E-state index is 12.8. The van der Waals surface area contributed by atoms with E-state index in [9.17, 15) is 9.59 Å². The standard InChI is InChI=1S/C20H22N2O5/c1-25-18(23)14-20(7-11-26-12-8-20)22-19(24)15-3-2-4-17(13-15)27-16-5-9-21-10-6-16/h2-6,9-10,13H,7-8,11-12,14H2,1H3,(H,22,24). The van der Waals surface area contributed by atoms with Crippen molar-refractivity contribution in [1.29, 1.82) is 0 Å². The summed E-state index contributed by atoms with van der Waals surface area (Å²) >= 11 is 0. The number of nitrogens with zero attached hydrogens (tertiary/aromatic N) is 1. The first-order valence-electron chi connectivity index (χ1n) is 8.75. The third-order valence-corrected chi connectivity index (χ3v) is 4.52. The molecular formula is C20H22N2O5. The molecule has 1 aliphatic rings. The molecule has 3 rings (SSSR count). The average Bonchev–Trinajstić information content (AvgIpc) is 2.69. The van der Waals surface area contributed by atoms with Gasteiger partial charge in [0.25, 0.3) is 5.91 Å². The normalized spacial score (nSPS) is 15.6. The fourth-order valence-corrected chi connectivity index (χ4v) is 3.01. The molecule has 27 heavy (non-hydrogen) atoms. The Labute approximate surface area is 157 Å². The van der Waals surface area contributed by atoms with Gasteiger partial charge in [0.2, 0.25) is 0 Å². The van der Waals surface area contributed by atoms with Gasteiger partial charge < -0.3 is 19.5 Å². The Kier molecular flexibility index (Phi) is 6.03. The van der Waals surface area contributed by atoms with E-state index < -0.39 is 5.54 Å². The molecule has 2 aromatic rings. The number of carbonyl (C=O) groups is 2. The number of nitrogens with one attached hydrogen (secondary N) is 1. The molecule has 1 fully saturated rings. The largest absolute Gasteiger partial charge is 0.469 e. The molecule has 1 aliphatic heterocycles. The summed E-state index contributed by atoms with van der Waals surface area (Å²) in [6.07, 6.45) is 4.50. The lowest BCUT2D eigenvalue weighted by Crippen LogP contribution is -2.53. The van der Waals surface area contributed by atoms with Crippen LogP contribution < -0.4 is 10.1 Å². The second-order valence-corrected chi connectivity index (χ2v) is 6.41. The van der Waals surface area contributed by atoms with Gasteiger partial charge in [-0.1, -0.05) is 6.07 Å². The van der Waals surface area contributed by atoms with Gasteiger partial charge in [0.05, 0.1) is 19.1 Å². The molecule has 7 nitrogen and oxygen atoms in total. The molecule has 1 saturated heterocycles. The Morgan fingerprint density at radius 1 is 1.15 bits per heavy atom. The monoisotopic (exact) mass is 370 g/mol. The Balaban J connectivity index is 1.74. The SMILES string of the molecule is COC(=O)CC1(NC(=O)c2cccc(Oc3ccncc3)c2)CCOCC1. The van der Waals surface area contributed by atoms with Crippen LogP contribution in [-0.4, -0.2) is 42.7 Å². The maximum absolute atomic E-state index is 12.8. The van der Waals surface area contributed by atoms with E-state index in [1.807, 2.05) is 0 Å². The van der Waals surface area contributed by atoms with Crippen molar-refractivity contribution in [3.05, 3.63) is 54.4 Å². The number of esters is 1. The summed E-state index contributed by atoms with van der Waals surface area (Å²) in [5.41, 5.74) is -0.206. The second kappa shape index (κ2) is 8.64. The summed E-state index contributed by atoms with van der Waals surface area (Å²) < 4.78 is 15.9. The Hall–Kier alpha value is -2.93. The van der Waals surface area contributed by atoms with Crippen molar-refractivity contribution in [2.24, 2.45) is 0 Å². The Morgan fingerprint density at radius 3 is 2.59 bits per heavy atom. The molecule has 0 aliphatic carbocycles. The molecule has 0 spiro atoms. The van der Waals surface area contributed by atoms with Crippen LogP contribution in [0.5, 0.6) is 11.5 Å². The number of amides is 1. The molecule has 2 heterocycles. The van der Waals surface area contributed by atoms with E-state index in [-0.39, 0.29) is 18.3 Å². The van der Waals surface area contributed by atoms with Crippen LogP contribution >= 0.6 is 0 Å². The third kappa shape index (κ3) is 5.04. The molecular weight excluding hydrogens is 348 g/mol. The van der Waals surface area contributed by atoms with E-state index in [0.29, 0.717) is 43.1 Å². The fraction of sp³-hybridized carbons (Fsp3) is 0.350. The molecule has 0 unspecified atom stereocenters. The molecule has 1 aromatic heterocycles. The van der Waals surface area contributed by atoms with Crippen LogP contribution in [0.2, 0.25) is 0 Å². The van der Waals surface area contributed by atoms with Crippen LogP contribution in [0.15, 0.2) is 48.8 Å². The van der Waals surface area contributed by atoms with Gasteiger partial charge in [-0.25, -0.2) is 0 Å².